The van der Waals surface area contributed by atoms with Crippen molar-refractivity contribution in [1.29, 1.82) is 0 Å². The predicted molar refractivity (Wildman–Crippen MR) is 161 cm³/mol. The van der Waals surface area contributed by atoms with Crippen molar-refractivity contribution in [2.24, 2.45) is 0 Å². The summed E-state index contributed by atoms with van der Waals surface area (Å²) >= 11 is 1.36. The van der Waals surface area contributed by atoms with E-state index in [0.717, 1.165) is 54.3 Å². The number of allylic oxidation sites excluding steroid dienone is 1. The first-order valence-corrected chi connectivity index (χ1v) is 15.0. The molecule has 2 aliphatic rings. The standard InChI is InChI=1S/C31H37N5O4S/c1-22-21-25(40-36(23(2)37)31-32-27-7-4-5-8-29(27)41-31)9-10-26(22)28(38)11-12-30(39)35-17-13-24(14-18-35)34-16-6-15-33(3)19-20-34/h4-5,7-12,21,24H,6,13-20H2,1-3H3. The van der Waals surface area contributed by atoms with E-state index in [9.17, 15) is 14.4 Å². The van der Waals surface area contributed by atoms with Gasteiger partial charge < -0.3 is 14.6 Å². The van der Waals surface area contributed by atoms with E-state index >= 15 is 0 Å². The summed E-state index contributed by atoms with van der Waals surface area (Å²) in [6.45, 7) is 9.07. The van der Waals surface area contributed by atoms with Gasteiger partial charge in [0, 0.05) is 50.8 Å². The summed E-state index contributed by atoms with van der Waals surface area (Å²) in [6.07, 6.45) is 5.85. The van der Waals surface area contributed by atoms with E-state index < -0.39 is 0 Å². The largest absolute Gasteiger partial charge is 0.370 e. The Hall–Kier alpha value is -3.60. The monoisotopic (exact) mass is 575 g/mol. The third-order valence-corrected chi connectivity index (χ3v) is 8.83. The van der Waals surface area contributed by atoms with Gasteiger partial charge in [-0.05, 0) is 88.3 Å². The number of ketones is 1. The molecule has 10 heteroatoms. The molecule has 0 saturated carbocycles. The number of nitrogens with zero attached hydrogens (tertiary/aromatic N) is 5. The van der Waals surface area contributed by atoms with E-state index in [4.69, 9.17) is 4.84 Å². The number of likely N-dealkylation sites (tertiary alicyclic amines) is 1. The second-order valence-corrected chi connectivity index (χ2v) is 11.8. The fraction of sp³-hybridized carbons (Fsp3) is 0.419. The molecule has 2 aliphatic heterocycles. The van der Waals surface area contributed by atoms with Crippen molar-refractivity contribution >= 4 is 44.3 Å². The first kappa shape index (κ1) is 28.9. The van der Waals surface area contributed by atoms with Gasteiger partial charge in [-0.25, -0.2) is 4.98 Å². The molecule has 2 fully saturated rings. The molecule has 0 bridgehead atoms. The summed E-state index contributed by atoms with van der Waals surface area (Å²) in [5.74, 6) is -0.280. The molecular formula is C31H37N5O4S. The van der Waals surface area contributed by atoms with Gasteiger partial charge in [-0.15, -0.1) is 5.06 Å². The van der Waals surface area contributed by atoms with E-state index in [-0.39, 0.29) is 17.6 Å². The normalized spacial score (nSPS) is 17.6. The zero-order chi connectivity index (χ0) is 28.9. The fourth-order valence-corrected chi connectivity index (χ4v) is 6.44. The minimum absolute atomic E-state index is 0.127. The van der Waals surface area contributed by atoms with E-state index in [1.807, 2.05) is 29.2 Å². The number of benzene rings is 2. The smallest absolute Gasteiger partial charge is 0.259 e. The van der Waals surface area contributed by atoms with Crippen molar-refractivity contribution in [2.45, 2.75) is 39.2 Å². The zero-order valence-corrected chi connectivity index (χ0v) is 24.7. The molecule has 0 spiro atoms. The van der Waals surface area contributed by atoms with Gasteiger partial charge in [0.25, 0.3) is 5.91 Å². The molecule has 0 N–H and O–H groups in total. The minimum Gasteiger partial charge on any atom is -0.370 e. The number of anilines is 1. The van der Waals surface area contributed by atoms with E-state index in [2.05, 4.69) is 21.8 Å². The first-order chi connectivity index (χ1) is 19.8. The van der Waals surface area contributed by atoms with Crippen LogP contribution >= 0.6 is 11.3 Å². The molecule has 3 heterocycles. The highest BCUT2D eigenvalue weighted by atomic mass is 32.1. The number of likely N-dealkylation sites (N-methyl/N-ethyl adjacent to an activating group) is 1. The van der Waals surface area contributed by atoms with Crippen LogP contribution in [0.2, 0.25) is 0 Å². The maximum atomic E-state index is 13.0. The lowest BCUT2D eigenvalue weighted by molar-refractivity contribution is -0.127. The zero-order valence-electron chi connectivity index (χ0n) is 23.9. The maximum Gasteiger partial charge on any atom is 0.259 e. The third kappa shape index (κ3) is 7.01. The molecule has 41 heavy (non-hydrogen) atoms. The van der Waals surface area contributed by atoms with Crippen LogP contribution in [0.1, 0.15) is 42.1 Å². The fourth-order valence-electron chi connectivity index (χ4n) is 5.48. The van der Waals surface area contributed by atoms with E-state index in [0.29, 0.717) is 41.1 Å². The number of hydrogen-bond donors (Lipinski definition) is 0. The molecule has 3 aromatic rings. The van der Waals surface area contributed by atoms with Crippen LogP contribution in [-0.4, -0.2) is 89.6 Å². The Kier molecular flexibility index (Phi) is 9.12. The minimum atomic E-state index is -0.314. The lowest BCUT2D eigenvalue weighted by atomic mass is 10.0. The molecular weight excluding hydrogens is 538 g/mol. The Morgan fingerprint density at radius 3 is 2.51 bits per heavy atom. The average molecular weight is 576 g/mol. The molecule has 0 atom stereocenters. The number of para-hydroxylation sites is 1. The molecule has 2 saturated heterocycles. The lowest BCUT2D eigenvalue weighted by Gasteiger charge is -2.37. The third-order valence-electron chi connectivity index (χ3n) is 7.83. The van der Waals surface area contributed by atoms with Gasteiger partial charge in [0.05, 0.1) is 10.2 Å². The summed E-state index contributed by atoms with van der Waals surface area (Å²) in [6, 6.07) is 13.2. The van der Waals surface area contributed by atoms with Gasteiger partial charge in [0.15, 0.2) is 11.5 Å². The van der Waals surface area contributed by atoms with Gasteiger partial charge >= 0.3 is 0 Å². The van der Waals surface area contributed by atoms with Gasteiger partial charge in [-0.2, -0.15) is 0 Å². The summed E-state index contributed by atoms with van der Waals surface area (Å²) in [7, 11) is 2.18. The van der Waals surface area contributed by atoms with Crippen LogP contribution in [0.3, 0.4) is 0 Å². The van der Waals surface area contributed by atoms with E-state index in [1.165, 1.54) is 36.8 Å². The summed E-state index contributed by atoms with van der Waals surface area (Å²) in [5, 5.41) is 1.59. The number of fused-ring (bicyclic) bond motifs is 1. The van der Waals surface area contributed by atoms with Crippen LogP contribution in [0.4, 0.5) is 5.13 Å². The summed E-state index contributed by atoms with van der Waals surface area (Å²) < 4.78 is 0.950. The molecule has 0 radical (unpaired) electrons. The van der Waals surface area contributed by atoms with Crippen molar-refractivity contribution in [3.05, 3.63) is 65.7 Å². The number of carbonyl (C=O) groups excluding carboxylic acids is 3. The Labute approximate surface area is 244 Å². The van der Waals surface area contributed by atoms with Crippen LogP contribution in [0.15, 0.2) is 54.6 Å². The second kappa shape index (κ2) is 12.9. The van der Waals surface area contributed by atoms with Crippen LogP contribution in [0.5, 0.6) is 5.75 Å². The Morgan fingerprint density at radius 1 is 1.00 bits per heavy atom. The second-order valence-electron chi connectivity index (χ2n) is 10.8. The summed E-state index contributed by atoms with van der Waals surface area (Å²) in [5.41, 5.74) is 1.94. The molecule has 1 aromatic heterocycles. The topological polar surface area (TPSA) is 86.3 Å². The molecule has 5 rings (SSSR count). The van der Waals surface area contributed by atoms with Crippen LogP contribution in [0, 0.1) is 6.92 Å². The molecule has 2 aromatic carbocycles. The highest BCUT2D eigenvalue weighted by molar-refractivity contribution is 7.22. The van der Waals surface area contributed by atoms with Crippen molar-refractivity contribution in [3.8, 4) is 5.75 Å². The van der Waals surface area contributed by atoms with Crippen molar-refractivity contribution in [2.75, 3.05) is 51.4 Å². The van der Waals surface area contributed by atoms with Crippen molar-refractivity contribution < 1.29 is 19.2 Å². The number of aryl methyl sites for hydroxylation is 1. The quantitative estimate of drug-likeness (QED) is 0.236. The predicted octanol–water partition coefficient (Wildman–Crippen LogP) is 4.32. The lowest BCUT2D eigenvalue weighted by Crippen LogP contribution is -2.47. The number of amides is 2. The first-order valence-electron chi connectivity index (χ1n) is 14.2. The van der Waals surface area contributed by atoms with Gasteiger partial charge in [0.2, 0.25) is 11.0 Å². The number of hydroxylamine groups is 1. The number of rotatable bonds is 7. The van der Waals surface area contributed by atoms with Crippen LogP contribution in [-0.2, 0) is 9.59 Å². The van der Waals surface area contributed by atoms with Crippen LogP contribution in [0.25, 0.3) is 10.2 Å². The van der Waals surface area contributed by atoms with Gasteiger partial charge in [0.1, 0.15) is 0 Å². The average Bonchev–Trinajstić information content (AvgIpc) is 3.28. The van der Waals surface area contributed by atoms with Crippen molar-refractivity contribution in [3.63, 3.8) is 0 Å². The molecule has 2 amide bonds. The Morgan fingerprint density at radius 2 is 1.78 bits per heavy atom. The number of thiazole rings is 1. The number of carbonyl (C=O) groups is 3. The molecule has 9 nitrogen and oxygen atoms in total. The number of piperidine rings is 1. The van der Waals surface area contributed by atoms with Crippen LogP contribution < -0.4 is 9.90 Å². The highest BCUT2D eigenvalue weighted by Crippen LogP contribution is 2.30. The Bertz CT molecular complexity index is 1410. The SMILES string of the molecule is CC(=O)N(Oc1ccc(C(=O)C=CC(=O)N2CCC(N3CCCN(C)CC3)CC2)c(C)c1)c1nc2ccccc2s1. The van der Waals surface area contributed by atoms with Crippen molar-refractivity contribution in [1.82, 2.24) is 19.7 Å². The van der Waals surface area contributed by atoms with E-state index in [1.54, 1.807) is 25.1 Å². The Balaban J connectivity index is 1.17. The number of hydrogen-bond acceptors (Lipinski definition) is 8. The maximum absolute atomic E-state index is 13.0. The highest BCUT2D eigenvalue weighted by Gasteiger charge is 2.27. The van der Waals surface area contributed by atoms with Gasteiger partial charge in [-0.3, -0.25) is 19.3 Å². The molecule has 0 aliphatic carbocycles. The van der Waals surface area contributed by atoms with Gasteiger partial charge in [-0.1, -0.05) is 23.5 Å². The summed E-state index contributed by atoms with van der Waals surface area (Å²) in [4.78, 5) is 55.3. The molecule has 0 unspecified atom stereocenters. The number of aromatic nitrogens is 1. The molecule has 216 valence electrons.